The van der Waals surface area contributed by atoms with Crippen molar-refractivity contribution in [3.63, 3.8) is 0 Å². The van der Waals surface area contributed by atoms with Crippen LogP contribution in [0.15, 0.2) is 50.9 Å². The minimum absolute atomic E-state index is 0.0487. The topological polar surface area (TPSA) is 109 Å². The fourth-order valence-electron chi connectivity index (χ4n) is 1.57. The Balaban J connectivity index is 2.19. The number of nitrogens with one attached hydrogen (secondary N) is 1. The first-order valence-corrected chi connectivity index (χ1v) is 6.72. The van der Waals surface area contributed by atoms with Crippen LogP contribution in [0.1, 0.15) is 5.76 Å². The zero-order valence-electron chi connectivity index (χ0n) is 10.9. The molecule has 110 valence electrons. The summed E-state index contributed by atoms with van der Waals surface area (Å²) in [7, 11) is 0. The highest BCUT2D eigenvalue weighted by molar-refractivity contribution is 9.10. The van der Waals surface area contributed by atoms with E-state index in [4.69, 9.17) is 9.68 Å². The van der Waals surface area contributed by atoms with E-state index in [0.717, 1.165) is 16.6 Å². The average Bonchev–Trinajstić information content (AvgIpc) is 2.93. The molecule has 0 radical (unpaired) electrons. The normalized spacial score (nSPS) is 10.8. The lowest BCUT2D eigenvalue weighted by Crippen LogP contribution is -2.13. The van der Waals surface area contributed by atoms with Gasteiger partial charge in [0.05, 0.1) is 6.07 Å². The molecule has 0 saturated carbocycles. The molecule has 1 aromatic heterocycles. The van der Waals surface area contributed by atoms with Crippen LogP contribution in [-0.4, -0.2) is 10.8 Å². The van der Waals surface area contributed by atoms with Gasteiger partial charge in [-0.2, -0.15) is 5.26 Å². The molecule has 8 heteroatoms. The van der Waals surface area contributed by atoms with Crippen molar-refractivity contribution in [3.05, 3.63) is 62.3 Å². The van der Waals surface area contributed by atoms with E-state index in [-0.39, 0.29) is 11.3 Å². The first-order chi connectivity index (χ1) is 10.5. The summed E-state index contributed by atoms with van der Waals surface area (Å²) in [6.45, 7) is 0. The zero-order valence-corrected chi connectivity index (χ0v) is 12.5. The smallest absolute Gasteiger partial charge is 0.401 e. The Morgan fingerprint density at radius 2 is 2.18 bits per heavy atom. The van der Waals surface area contributed by atoms with Gasteiger partial charge in [-0.3, -0.25) is 14.9 Å². The second kappa shape index (κ2) is 6.69. The molecule has 0 aliphatic heterocycles. The van der Waals surface area contributed by atoms with Crippen molar-refractivity contribution in [1.82, 2.24) is 0 Å². The van der Waals surface area contributed by atoms with Crippen LogP contribution < -0.4 is 5.32 Å². The molecule has 1 N–H and O–H groups in total. The fraction of sp³-hybridized carbons (Fsp3) is 0. The van der Waals surface area contributed by atoms with Gasteiger partial charge < -0.3 is 9.73 Å². The van der Waals surface area contributed by atoms with Crippen LogP contribution in [0.5, 0.6) is 0 Å². The summed E-state index contributed by atoms with van der Waals surface area (Å²) in [6, 6.07) is 11.0. The van der Waals surface area contributed by atoms with Crippen molar-refractivity contribution in [1.29, 1.82) is 5.26 Å². The van der Waals surface area contributed by atoms with Gasteiger partial charge in [0.25, 0.3) is 5.91 Å². The number of carbonyl (C=O) groups excluding carboxylic acids is 1. The van der Waals surface area contributed by atoms with Gasteiger partial charge in [0.1, 0.15) is 22.3 Å². The number of hydrogen-bond acceptors (Lipinski definition) is 5. The number of furan rings is 1. The first kappa shape index (κ1) is 15.5. The molecule has 1 heterocycles. The van der Waals surface area contributed by atoms with Gasteiger partial charge in [0.2, 0.25) is 0 Å². The molecule has 1 amide bonds. The third-order valence-corrected chi connectivity index (χ3v) is 3.02. The number of halogens is 1. The van der Waals surface area contributed by atoms with E-state index in [0.29, 0.717) is 5.69 Å². The van der Waals surface area contributed by atoms with Crippen molar-refractivity contribution in [2.45, 2.75) is 0 Å². The van der Waals surface area contributed by atoms with E-state index < -0.39 is 16.7 Å². The van der Waals surface area contributed by atoms with E-state index in [9.17, 15) is 14.9 Å². The summed E-state index contributed by atoms with van der Waals surface area (Å²) >= 11 is 3.27. The maximum absolute atomic E-state index is 12.0. The molecule has 0 atom stereocenters. The van der Waals surface area contributed by atoms with Gasteiger partial charge in [-0.1, -0.05) is 22.0 Å². The molecule has 1 aromatic carbocycles. The van der Waals surface area contributed by atoms with Crippen LogP contribution in [0.4, 0.5) is 11.6 Å². The molecule has 2 aromatic rings. The van der Waals surface area contributed by atoms with Crippen molar-refractivity contribution in [3.8, 4) is 6.07 Å². The van der Waals surface area contributed by atoms with E-state index in [1.54, 1.807) is 30.3 Å². The third kappa shape index (κ3) is 3.80. The van der Waals surface area contributed by atoms with E-state index in [2.05, 4.69) is 21.2 Å². The van der Waals surface area contributed by atoms with Gasteiger partial charge in [-0.05, 0) is 24.3 Å². The highest BCUT2D eigenvalue weighted by Gasteiger charge is 2.14. The molecular formula is C14H8BrN3O4. The molecule has 0 aliphatic rings. The zero-order chi connectivity index (χ0) is 16.1. The quantitative estimate of drug-likeness (QED) is 0.387. The molecule has 0 unspecified atom stereocenters. The lowest BCUT2D eigenvalue weighted by molar-refractivity contribution is -0.402. The number of rotatable bonds is 4. The molecular weight excluding hydrogens is 354 g/mol. The van der Waals surface area contributed by atoms with Gasteiger partial charge in [0, 0.05) is 16.2 Å². The Bertz CT molecular complexity index is 804. The predicted molar refractivity (Wildman–Crippen MR) is 81.7 cm³/mol. The van der Waals surface area contributed by atoms with E-state index >= 15 is 0 Å². The van der Waals surface area contributed by atoms with Crippen molar-refractivity contribution >= 4 is 39.5 Å². The summed E-state index contributed by atoms with van der Waals surface area (Å²) in [4.78, 5) is 21.8. The Labute approximate surface area is 133 Å². The Hall–Kier alpha value is -2.92. The summed E-state index contributed by atoms with van der Waals surface area (Å²) < 4.78 is 5.66. The molecule has 0 bridgehead atoms. The SMILES string of the molecule is N#CC(=Cc1ccc([N+](=O)[O-])o1)C(=O)Nc1cccc(Br)c1. The number of nitriles is 1. The Kier molecular flexibility index (Phi) is 4.70. The molecule has 7 nitrogen and oxygen atoms in total. The second-order valence-electron chi connectivity index (χ2n) is 4.07. The number of anilines is 1. The van der Waals surface area contributed by atoms with Crippen LogP contribution in [0.3, 0.4) is 0 Å². The number of nitrogens with zero attached hydrogens (tertiary/aromatic N) is 2. The van der Waals surface area contributed by atoms with Gasteiger partial charge in [0.15, 0.2) is 0 Å². The van der Waals surface area contributed by atoms with Gasteiger partial charge in [-0.25, -0.2) is 0 Å². The molecule has 0 aliphatic carbocycles. The molecule has 0 spiro atoms. The highest BCUT2D eigenvalue weighted by Crippen LogP contribution is 2.19. The molecule has 0 fully saturated rings. The second-order valence-corrected chi connectivity index (χ2v) is 4.98. The summed E-state index contributed by atoms with van der Waals surface area (Å²) in [5.74, 6) is -1.05. The summed E-state index contributed by atoms with van der Waals surface area (Å²) in [5.41, 5.74) is 0.273. The molecule has 2 rings (SSSR count). The van der Waals surface area contributed by atoms with Crippen LogP contribution in [0.25, 0.3) is 6.08 Å². The fourth-order valence-corrected chi connectivity index (χ4v) is 1.97. The maximum atomic E-state index is 12.0. The largest absolute Gasteiger partial charge is 0.433 e. The standard InChI is InChI=1S/C14H8BrN3O4/c15-10-2-1-3-11(7-10)17-14(19)9(8-16)6-12-4-5-13(22-12)18(20)21/h1-7H,(H,17,19). The number of hydrogen-bond donors (Lipinski definition) is 1. The number of amides is 1. The van der Waals surface area contributed by atoms with Crippen molar-refractivity contribution < 1.29 is 14.1 Å². The lowest BCUT2D eigenvalue weighted by Gasteiger charge is -2.04. The summed E-state index contributed by atoms with van der Waals surface area (Å²) in [6.07, 6.45) is 1.14. The predicted octanol–water partition coefficient (Wildman–Crippen LogP) is 3.50. The number of nitro groups is 1. The number of benzene rings is 1. The van der Waals surface area contributed by atoms with Crippen LogP contribution in [0.2, 0.25) is 0 Å². The van der Waals surface area contributed by atoms with Crippen LogP contribution in [0, 0.1) is 21.4 Å². The van der Waals surface area contributed by atoms with E-state index in [1.807, 2.05) is 0 Å². The minimum atomic E-state index is -0.703. The highest BCUT2D eigenvalue weighted by atomic mass is 79.9. The van der Waals surface area contributed by atoms with Crippen molar-refractivity contribution in [2.24, 2.45) is 0 Å². The third-order valence-electron chi connectivity index (χ3n) is 2.53. The first-order valence-electron chi connectivity index (χ1n) is 5.92. The van der Waals surface area contributed by atoms with Gasteiger partial charge in [-0.15, -0.1) is 0 Å². The average molecular weight is 362 g/mol. The van der Waals surface area contributed by atoms with Crippen LogP contribution in [-0.2, 0) is 4.79 Å². The van der Waals surface area contributed by atoms with Crippen LogP contribution >= 0.6 is 15.9 Å². The van der Waals surface area contributed by atoms with E-state index in [1.165, 1.54) is 6.07 Å². The Morgan fingerprint density at radius 3 is 2.77 bits per heavy atom. The molecule has 22 heavy (non-hydrogen) atoms. The van der Waals surface area contributed by atoms with Crippen molar-refractivity contribution in [2.75, 3.05) is 5.32 Å². The monoisotopic (exact) mass is 361 g/mol. The summed E-state index contributed by atoms with van der Waals surface area (Å²) in [5, 5.41) is 22.1. The minimum Gasteiger partial charge on any atom is -0.401 e. The lowest BCUT2D eigenvalue weighted by atomic mass is 10.2. The molecule has 0 saturated heterocycles. The number of carbonyl (C=O) groups is 1. The van der Waals surface area contributed by atoms with Gasteiger partial charge >= 0.3 is 5.88 Å². The Morgan fingerprint density at radius 1 is 1.41 bits per heavy atom. The maximum Gasteiger partial charge on any atom is 0.433 e.